The van der Waals surface area contributed by atoms with Crippen molar-refractivity contribution in [1.29, 1.82) is 0 Å². The molecule has 0 heterocycles. The molecule has 0 saturated carbocycles. The SMILES string of the molecule is CCCNS(=O)(=O)c1ccc(Oc2ccc(CC)cc2O)c(F)c1.CCCNS(=O)(=O)c1ccc(Oc2ccc(CC)cc2OCc2ccccc2)c(F)c1. The van der Waals surface area contributed by atoms with Crippen LogP contribution in [0.1, 0.15) is 57.2 Å². The lowest BCUT2D eigenvalue weighted by molar-refractivity contribution is 0.289. The molecule has 0 aliphatic rings. The van der Waals surface area contributed by atoms with E-state index in [2.05, 4.69) is 9.44 Å². The van der Waals surface area contributed by atoms with Gasteiger partial charge >= 0.3 is 0 Å². The molecule has 0 saturated heterocycles. The van der Waals surface area contributed by atoms with Crippen molar-refractivity contribution in [3.05, 3.63) is 131 Å². The average Bonchev–Trinajstić information content (AvgIpc) is 3.18. The summed E-state index contributed by atoms with van der Waals surface area (Å²) in [6.45, 7) is 8.56. The average molecular weight is 797 g/mol. The molecule has 0 atom stereocenters. The summed E-state index contributed by atoms with van der Waals surface area (Å²) < 4.78 is 99.1. The Morgan fingerprint density at radius 1 is 0.545 bits per heavy atom. The van der Waals surface area contributed by atoms with Crippen molar-refractivity contribution in [3.8, 4) is 34.5 Å². The molecule has 0 aromatic heterocycles. The van der Waals surface area contributed by atoms with Crippen molar-refractivity contribution in [1.82, 2.24) is 9.44 Å². The number of phenolic OH excluding ortho intramolecular Hbond substituents is 1. The quantitative estimate of drug-likeness (QED) is 0.0848. The summed E-state index contributed by atoms with van der Waals surface area (Å²) in [5, 5.41) is 9.90. The number of phenols is 1. The van der Waals surface area contributed by atoms with Gasteiger partial charge < -0.3 is 19.3 Å². The van der Waals surface area contributed by atoms with Crippen molar-refractivity contribution < 1.29 is 44.9 Å². The fraction of sp³-hybridized carbons (Fsp3) is 0.268. The molecule has 0 fully saturated rings. The number of hydrogen-bond donors (Lipinski definition) is 3. The van der Waals surface area contributed by atoms with Crippen LogP contribution in [0.25, 0.3) is 0 Å². The fourth-order valence-electron chi connectivity index (χ4n) is 4.91. The zero-order valence-corrected chi connectivity index (χ0v) is 32.8. The number of halogens is 2. The maximum absolute atomic E-state index is 14.7. The molecule has 0 amide bonds. The first-order valence-electron chi connectivity index (χ1n) is 17.9. The van der Waals surface area contributed by atoms with Gasteiger partial charge in [-0.05, 0) is 103 Å². The zero-order chi connectivity index (χ0) is 40.0. The van der Waals surface area contributed by atoms with Crippen LogP contribution in [0.15, 0.2) is 113 Å². The van der Waals surface area contributed by atoms with E-state index in [4.69, 9.17) is 14.2 Å². The Morgan fingerprint density at radius 3 is 1.49 bits per heavy atom. The second-order valence-electron chi connectivity index (χ2n) is 12.2. The Bertz CT molecular complexity index is 2250. The van der Waals surface area contributed by atoms with Gasteiger partial charge in [0.1, 0.15) is 6.61 Å². The van der Waals surface area contributed by atoms with Crippen LogP contribution in [0.2, 0.25) is 0 Å². The van der Waals surface area contributed by atoms with Crippen LogP contribution in [-0.2, 0) is 39.5 Å². The number of sulfonamides is 2. The van der Waals surface area contributed by atoms with Crippen molar-refractivity contribution in [2.75, 3.05) is 13.1 Å². The number of benzene rings is 5. The molecule has 294 valence electrons. The summed E-state index contributed by atoms with van der Waals surface area (Å²) >= 11 is 0. The number of nitrogens with one attached hydrogen (secondary N) is 2. The Labute approximate surface area is 322 Å². The summed E-state index contributed by atoms with van der Waals surface area (Å²) in [7, 11) is -7.51. The maximum Gasteiger partial charge on any atom is 0.240 e. The molecule has 55 heavy (non-hydrogen) atoms. The van der Waals surface area contributed by atoms with Crippen LogP contribution >= 0.6 is 0 Å². The van der Waals surface area contributed by atoms with E-state index >= 15 is 0 Å². The highest BCUT2D eigenvalue weighted by atomic mass is 32.2. The molecule has 0 bridgehead atoms. The molecule has 10 nitrogen and oxygen atoms in total. The molecule has 0 spiro atoms. The Hall–Kier alpha value is -5.02. The molecule has 0 radical (unpaired) electrons. The molecule has 0 aliphatic heterocycles. The van der Waals surface area contributed by atoms with E-state index in [-0.39, 0.29) is 45.9 Å². The topological polar surface area (TPSA) is 140 Å². The maximum atomic E-state index is 14.7. The van der Waals surface area contributed by atoms with Crippen LogP contribution in [0.3, 0.4) is 0 Å². The Kier molecular flexibility index (Phi) is 15.6. The number of aryl methyl sites for hydroxylation is 2. The van der Waals surface area contributed by atoms with Gasteiger partial charge in [0.2, 0.25) is 20.0 Å². The fourth-order valence-corrected chi connectivity index (χ4v) is 7.20. The van der Waals surface area contributed by atoms with Gasteiger partial charge in [0.05, 0.1) is 9.79 Å². The minimum absolute atomic E-state index is 0.0803. The first-order chi connectivity index (χ1) is 26.3. The van der Waals surface area contributed by atoms with Gasteiger partial charge in [-0.1, -0.05) is 70.2 Å². The van der Waals surface area contributed by atoms with Crippen LogP contribution in [0, 0.1) is 11.6 Å². The Morgan fingerprint density at radius 2 is 1.02 bits per heavy atom. The lowest BCUT2D eigenvalue weighted by Crippen LogP contribution is -2.24. The van der Waals surface area contributed by atoms with E-state index in [1.807, 2.05) is 70.2 Å². The minimum atomic E-state index is -3.76. The van der Waals surface area contributed by atoms with Crippen molar-refractivity contribution >= 4 is 20.0 Å². The minimum Gasteiger partial charge on any atom is -0.504 e. The number of hydrogen-bond acceptors (Lipinski definition) is 8. The van der Waals surface area contributed by atoms with Gasteiger partial charge in [0.15, 0.2) is 46.1 Å². The predicted molar refractivity (Wildman–Crippen MR) is 208 cm³/mol. The molecular weight excluding hydrogens is 751 g/mol. The van der Waals surface area contributed by atoms with E-state index in [0.717, 1.165) is 41.7 Å². The van der Waals surface area contributed by atoms with Crippen LogP contribution < -0.4 is 23.7 Å². The molecule has 5 rings (SSSR count). The van der Waals surface area contributed by atoms with Gasteiger partial charge in [0.25, 0.3) is 0 Å². The van der Waals surface area contributed by atoms with Crippen LogP contribution in [0.5, 0.6) is 34.5 Å². The highest BCUT2D eigenvalue weighted by Crippen LogP contribution is 2.36. The first-order valence-corrected chi connectivity index (χ1v) is 20.8. The molecule has 0 aliphatic carbocycles. The van der Waals surface area contributed by atoms with Gasteiger partial charge in [-0.15, -0.1) is 0 Å². The summed E-state index contributed by atoms with van der Waals surface area (Å²) in [6, 6.07) is 27.0. The summed E-state index contributed by atoms with van der Waals surface area (Å²) in [5.74, 6) is -0.995. The third-order valence-electron chi connectivity index (χ3n) is 8.04. The number of aromatic hydroxyl groups is 1. The van der Waals surface area contributed by atoms with Gasteiger partial charge in [-0.25, -0.2) is 35.1 Å². The lowest BCUT2D eigenvalue weighted by atomic mass is 10.1. The second kappa shape index (κ2) is 20.1. The predicted octanol–water partition coefficient (Wildman–Crippen LogP) is 9.02. The van der Waals surface area contributed by atoms with E-state index in [9.17, 15) is 30.7 Å². The highest BCUT2D eigenvalue weighted by molar-refractivity contribution is 7.89. The molecule has 0 unspecified atom stereocenters. The van der Waals surface area contributed by atoms with E-state index in [1.165, 1.54) is 24.3 Å². The smallest absolute Gasteiger partial charge is 0.240 e. The van der Waals surface area contributed by atoms with Crippen molar-refractivity contribution in [3.63, 3.8) is 0 Å². The van der Waals surface area contributed by atoms with Crippen LogP contribution in [0.4, 0.5) is 8.78 Å². The van der Waals surface area contributed by atoms with Gasteiger partial charge in [-0.3, -0.25) is 0 Å². The zero-order valence-electron chi connectivity index (χ0n) is 31.1. The third kappa shape index (κ3) is 12.2. The number of rotatable bonds is 17. The van der Waals surface area contributed by atoms with Crippen molar-refractivity contribution in [2.45, 2.75) is 69.8 Å². The number of ether oxygens (including phenoxy) is 3. The van der Waals surface area contributed by atoms with Gasteiger partial charge in [0, 0.05) is 13.1 Å². The van der Waals surface area contributed by atoms with E-state index in [0.29, 0.717) is 30.9 Å². The largest absolute Gasteiger partial charge is 0.504 e. The molecule has 3 N–H and O–H groups in total. The highest BCUT2D eigenvalue weighted by Gasteiger charge is 2.19. The summed E-state index contributed by atoms with van der Waals surface area (Å²) in [6.07, 6.45) is 2.84. The van der Waals surface area contributed by atoms with E-state index < -0.39 is 31.7 Å². The van der Waals surface area contributed by atoms with E-state index in [1.54, 1.807) is 24.3 Å². The molecule has 5 aromatic rings. The van der Waals surface area contributed by atoms with Crippen molar-refractivity contribution in [2.24, 2.45) is 0 Å². The summed E-state index contributed by atoms with van der Waals surface area (Å²) in [4.78, 5) is -0.320. The standard InChI is InChI=1S/C24H26FNO4S.C17H20FNO4S/c1-3-14-26-31(27,28)20-11-13-22(21(25)16-20)30-23-12-10-18(4-2)15-24(23)29-17-19-8-6-5-7-9-19;1-3-9-19-24(21,22)13-6-8-16(14(18)11-13)23-17-7-5-12(4-2)10-15(17)20/h5-13,15-16,26H,3-4,14,17H2,1-2H3;5-8,10-11,19-20H,3-4,9H2,1-2H3. The monoisotopic (exact) mass is 796 g/mol. The lowest BCUT2D eigenvalue weighted by Gasteiger charge is -2.15. The summed E-state index contributed by atoms with van der Waals surface area (Å²) in [5.41, 5.74) is 2.97. The third-order valence-corrected chi connectivity index (χ3v) is 11.0. The molecule has 5 aromatic carbocycles. The normalized spacial score (nSPS) is 11.4. The Balaban J connectivity index is 0.000000253. The first kappa shape index (κ1) is 42.7. The van der Waals surface area contributed by atoms with Gasteiger partial charge in [-0.2, -0.15) is 0 Å². The molecule has 14 heteroatoms. The second-order valence-corrected chi connectivity index (χ2v) is 15.8. The molecular formula is C41H46F2N2O8S2. The van der Waals surface area contributed by atoms with Crippen LogP contribution in [-0.4, -0.2) is 35.0 Å².